The molecule has 1 heterocycles. The Morgan fingerprint density at radius 2 is 1.92 bits per heavy atom. The van der Waals surface area contributed by atoms with Crippen molar-refractivity contribution in [1.29, 1.82) is 0 Å². The van der Waals surface area contributed by atoms with Crippen LogP contribution >= 0.6 is 0 Å². The molecule has 1 amide bonds. The second kappa shape index (κ2) is 8.33. The summed E-state index contributed by atoms with van der Waals surface area (Å²) < 4.78 is 6.02. The average molecular weight is 344 g/mol. The molecule has 1 aliphatic carbocycles. The average Bonchev–Trinajstić information content (AvgIpc) is 2.64. The summed E-state index contributed by atoms with van der Waals surface area (Å²) in [6.07, 6.45) is 8.31. The van der Waals surface area contributed by atoms with Crippen molar-refractivity contribution in [3.05, 3.63) is 35.4 Å². The number of amides is 1. The molecule has 2 unspecified atom stereocenters. The van der Waals surface area contributed by atoms with E-state index in [0.717, 1.165) is 37.9 Å². The van der Waals surface area contributed by atoms with E-state index in [1.165, 1.54) is 24.8 Å². The van der Waals surface area contributed by atoms with E-state index in [1.54, 1.807) is 0 Å². The molecule has 1 saturated heterocycles. The third-order valence-corrected chi connectivity index (χ3v) is 5.96. The molecule has 3 rings (SSSR count). The minimum atomic E-state index is -0.0431. The fraction of sp³-hybridized carbons (Fsp3) is 0.667. The van der Waals surface area contributed by atoms with Gasteiger partial charge < -0.3 is 15.8 Å². The Bertz CT molecular complexity index is 564. The SMILES string of the molecule is Cc1ccc(C2OCCCC2NC(=O)CC2(CN)CCCCC2)cc1. The van der Waals surface area contributed by atoms with Crippen LogP contribution in [0.1, 0.15) is 68.6 Å². The first-order chi connectivity index (χ1) is 12.1. The Morgan fingerprint density at radius 1 is 1.20 bits per heavy atom. The number of ether oxygens (including phenoxy) is 1. The van der Waals surface area contributed by atoms with Gasteiger partial charge >= 0.3 is 0 Å². The second-order valence-electron chi connectivity index (χ2n) is 7.96. The van der Waals surface area contributed by atoms with Gasteiger partial charge in [-0.25, -0.2) is 0 Å². The van der Waals surface area contributed by atoms with Gasteiger partial charge in [0.05, 0.1) is 6.04 Å². The van der Waals surface area contributed by atoms with Crippen LogP contribution in [0, 0.1) is 12.3 Å². The molecule has 1 aliphatic heterocycles. The van der Waals surface area contributed by atoms with Gasteiger partial charge in [0.1, 0.15) is 6.10 Å². The number of hydrogen-bond acceptors (Lipinski definition) is 3. The van der Waals surface area contributed by atoms with Crippen LogP contribution < -0.4 is 11.1 Å². The first-order valence-corrected chi connectivity index (χ1v) is 9.79. The molecular weight excluding hydrogens is 312 g/mol. The molecule has 25 heavy (non-hydrogen) atoms. The number of rotatable bonds is 5. The maximum atomic E-state index is 12.8. The highest BCUT2D eigenvalue weighted by atomic mass is 16.5. The van der Waals surface area contributed by atoms with E-state index < -0.39 is 0 Å². The minimum absolute atomic E-state index is 0.0111. The predicted octanol–water partition coefficient (Wildman–Crippen LogP) is 3.63. The van der Waals surface area contributed by atoms with Crippen LogP contribution in [0.15, 0.2) is 24.3 Å². The number of aryl methyl sites for hydroxylation is 1. The van der Waals surface area contributed by atoms with Gasteiger partial charge in [0.25, 0.3) is 0 Å². The first kappa shape index (κ1) is 18.4. The summed E-state index contributed by atoms with van der Waals surface area (Å²) in [6.45, 7) is 3.46. The van der Waals surface area contributed by atoms with Crippen LogP contribution in [-0.2, 0) is 9.53 Å². The molecule has 1 saturated carbocycles. The molecule has 0 spiro atoms. The molecule has 138 valence electrons. The summed E-state index contributed by atoms with van der Waals surface area (Å²) in [7, 11) is 0. The van der Waals surface area contributed by atoms with Crippen LogP contribution in [0.2, 0.25) is 0 Å². The molecule has 1 aromatic rings. The standard InChI is InChI=1S/C21H32N2O2/c1-16-7-9-17(10-8-16)20-18(6-5-13-25-20)23-19(24)14-21(15-22)11-3-2-4-12-21/h7-10,18,20H,2-6,11-15,22H2,1H3,(H,23,24). The van der Waals surface area contributed by atoms with Crippen LogP contribution in [0.3, 0.4) is 0 Å². The lowest BCUT2D eigenvalue weighted by molar-refractivity contribution is -0.127. The topological polar surface area (TPSA) is 64.3 Å². The lowest BCUT2D eigenvalue weighted by atomic mass is 9.71. The number of benzene rings is 1. The van der Waals surface area contributed by atoms with Gasteiger partial charge in [-0.3, -0.25) is 4.79 Å². The van der Waals surface area contributed by atoms with Gasteiger partial charge in [0.2, 0.25) is 5.91 Å². The van der Waals surface area contributed by atoms with E-state index >= 15 is 0 Å². The highest BCUT2D eigenvalue weighted by Gasteiger charge is 2.35. The van der Waals surface area contributed by atoms with Gasteiger partial charge in [-0.2, -0.15) is 0 Å². The van der Waals surface area contributed by atoms with Gasteiger partial charge in [-0.15, -0.1) is 0 Å². The van der Waals surface area contributed by atoms with Crippen molar-refractivity contribution in [2.75, 3.05) is 13.2 Å². The first-order valence-electron chi connectivity index (χ1n) is 9.79. The Hall–Kier alpha value is -1.39. The Labute approximate surface area is 151 Å². The molecule has 2 fully saturated rings. The maximum absolute atomic E-state index is 12.8. The summed E-state index contributed by atoms with van der Waals surface area (Å²) in [4.78, 5) is 12.8. The van der Waals surface area contributed by atoms with Crippen molar-refractivity contribution in [3.63, 3.8) is 0 Å². The van der Waals surface area contributed by atoms with Gasteiger partial charge in [-0.1, -0.05) is 49.1 Å². The number of carbonyl (C=O) groups excluding carboxylic acids is 1. The smallest absolute Gasteiger partial charge is 0.220 e. The fourth-order valence-electron chi connectivity index (χ4n) is 4.37. The van der Waals surface area contributed by atoms with Crippen molar-refractivity contribution in [2.45, 2.75) is 70.4 Å². The van der Waals surface area contributed by atoms with E-state index in [4.69, 9.17) is 10.5 Å². The zero-order valence-corrected chi connectivity index (χ0v) is 15.4. The van der Waals surface area contributed by atoms with E-state index in [0.29, 0.717) is 13.0 Å². The lowest BCUT2D eigenvalue weighted by Gasteiger charge is -2.37. The molecule has 0 bridgehead atoms. The van der Waals surface area contributed by atoms with E-state index in [9.17, 15) is 4.79 Å². The molecule has 4 nitrogen and oxygen atoms in total. The summed E-state index contributed by atoms with van der Waals surface area (Å²) >= 11 is 0. The van der Waals surface area contributed by atoms with Gasteiger partial charge in [0, 0.05) is 13.0 Å². The van der Waals surface area contributed by atoms with E-state index in [1.807, 2.05) is 0 Å². The van der Waals surface area contributed by atoms with Gasteiger partial charge in [0.15, 0.2) is 0 Å². The summed E-state index contributed by atoms with van der Waals surface area (Å²) in [5.74, 6) is 0.139. The number of carbonyl (C=O) groups is 1. The van der Waals surface area contributed by atoms with Crippen LogP contribution in [0.5, 0.6) is 0 Å². The lowest BCUT2D eigenvalue weighted by Crippen LogP contribution is -2.45. The van der Waals surface area contributed by atoms with Crippen molar-refractivity contribution in [2.24, 2.45) is 11.1 Å². The highest BCUT2D eigenvalue weighted by molar-refractivity contribution is 5.77. The molecule has 0 aromatic heterocycles. The normalized spacial score (nSPS) is 26.2. The van der Waals surface area contributed by atoms with Gasteiger partial charge in [-0.05, 0) is 50.1 Å². The fourth-order valence-corrected chi connectivity index (χ4v) is 4.37. The zero-order valence-electron chi connectivity index (χ0n) is 15.4. The Balaban J connectivity index is 1.64. The molecule has 1 aromatic carbocycles. The third-order valence-electron chi connectivity index (χ3n) is 5.96. The maximum Gasteiger partial charge on any atom is 0.220 e. The Morgan fingerprint density at radius 3 is 2.60 bits per heavy atom. The van der Waals surface area contributed by atoms with Crippen molar-refractivity contribution < 1.29 is 9.53 Å². The summed E-state index contributed by atoms with van der Waals surface area (Å²) in [6, 6.07) is 8.51. The van der Waals surface area contributed by atoms with Crippen LogP contribution in [0.25, 0.3) is 0 Å². The minimum Gasteiger partial charge on any atom is -0.371 e. The third kappa shape index (κ3) is 4.62. The molecule has 2 aliphatic rings. The molecule has 3 N–H and O–H groups in total. The van der Waals surface area contributed by atoms with Crippen molar-refractivity contribution >= 4 is 5.91 Å². The monoisotopic (exact) mass is 344 g/mol. The Kier molecular flexibility index (Phi) is 6.13. The predicted molar refractivity (Wildman–Crippen MR) is 100 cm³/mol. The van der Waals surface area contributed by atoms with Crippen molar-refractivity contribution in [1.82, 2.24) is 5.32 Å². The van der Waals surface area contributed by atoms with Crippen LogP contribution in [-0.4, -0.2) is 25.1 Å². The summed E-state index contributed by atoms with van der Waals surface area (Å²) in [5.41, 5.74) is 8.45. The molecular formula is C21H32N2O2. The molecule has 0 radical (unpaired) electrons. The zero-order chi connectivity index (χ0) is 17.7. The van der Waals surface area contributed by atoms with E-state index in [2.05, 4.69) is 36.5 Å². The molecule has 4 heteroatoms. The number of nitrogens with one attached hydrogen (secondary N) is 1. The van der Waals surface area contributed by atoms with Crippen molar-refractivity contribution in [3.8, 4) is 0 Å². The number of hydrogen-bond donors (Lipinski definition) is 2. The quantitative estimate of drug-likeness (QED) is 0.857. The highest BCUT2D eigenvalue weighted by Crippen LogP contribution is 2.38. The molecule has 2 atom stereocenters. The number of nitrogens with two attached hydrogens (primary N) is 1. The van der Waals surface area contributed by atoms with E-state index in [-0.39, 0.29) is 23.5 Å². The summed E-state index contributed by atoms with van der Waals surface area (Å²) in [5, 5.41) is 3.27. The second-order valence-corrected chi connectivity index (χ2v) is 7.96. The largest absolute Gasteiger partial charge is 0.371 e. The van der Waals surface area contributed by atoms with Crippen LogP contribution in [0.4, 0.5) is 0 Å².